The van der Waals surface area contributed by atoms with Crippen molar-refractivity contribution in [2.75, 3.05) is 54.8 Å². The first kappa shape index (κ1) is 16.0. The average Bonchev–Trinajstić information content (AvgIpc) is 3.04. The molecule has 0 unspecified atom stereocenters. The Balaban J connectivity index is 1.38. The summed E-state index contributed by atoms with van der Waals surface area (Å²) in [7, 11) is 0. The molecule has 8 heteroatoms. The molecule has 0 radical (unpaired) electrons. The molecule has 25 heavy (non-hydrogen) atoms. The van der Waals surface area contributed by atoms with E-state index in [1.54, 1.807) is 12.3 Å². The van der Waals surface area contributed by atoms with Crippen LogP contribution in [-0.2, 0) is 0 Å². The second kappa shape index (κ2) is 6.81. The van der Waals surface area contributed by atoms with Crippen LogP contribution in [0, 0.1) is 0 Å². The minimum atomic E-state index is -0.411. The van der Waals surface area contributed by atoms with Gasteiger partial charge in [-0.3, -0.25) is 4.90 Å². The van der Waals surface area contributed by atoms with Gasteiger partial charge in [0.25, 0.3) is 0 Å². The molecule has 4 heterocycles. The first-order valence-corrected chi connectivity index (χ1v) is 8.62. The first-order chi connectivity index (χ1) is 12.2. The zero-order valence-electron chi connectivity index (χ0n) is 14.1. The van der Waals surface area contributed by atoms with Crippen molar-refractivity contribution in [2.24, 2.45) is 0 Å². The number of piperazine rings is 1. The number of nitrogen functional groups attached to an aromatic ring is 1. The van der Waals surface area contributed by atoms with E-state index < -0.39 is 6.10 Å². The lowest BCUT2D eigenvalue weighted by molar-refractivity contribution is 0.0792. The fraction of sp³-hybridized carbons (Fsp3) is 0.471. The van der Waals surface area contributed by atoms with Gasteiger partial charge in [0, 0.05) is 51.7 Å². The Morgan fingerprint density at radius 3 is 2.52 bits per heavy atom. The molecule has 2 fully saturated rings. The zero-order chi connectivity index (χ0) is 17.2. The minimum Gasteiger partial charge on any atom is -0.390 e. The van der Waals surface area contributed by atoms with Crippen molar-refractivity contribution in [1.82, 2.24) is 19.9 Å². The maximum absolute atomic E-state index is 10.5. The molecule has 4 rings (SSSR count). The number of aliphatic hydroxyl groups excluding tert-OH is 1. The Morgan fingerprint density at radius 1 is 0.960 bits per heavy atom. The number of rotatable bonds is 3. The molecule has 2 atom stereocenters. The van der Waals surface area contributed by atoms with Gasteiger partial charge in [-0.1, -0.05) is 6.07 Å². The third kappa shape index (κ3) is 3.35. The molecule has 2 aromatic heterocycles. The van der Waals surface area contributed by atoms with Crippen LogP contribution in [-0.4, -0.2) is 76.4 Å². The number of aliphatic hydroxyl groups is 1. The monoisotopic (exact) mass is 341 g/mol. The summed E-state index contributed by atoms with van der Waals surface area (Å²) in [5.74, 6) is 2.06. The fourth-order valence-electron chi connectivity index (χ4n) is 3.63. The third-order valence-corrected chi connectivity index (χ3v) is 4.96. The number of hydrogen-bond donors (Lipinski definition) is 2. The number of pyridine rings is 1. The van der Waals surface area contributed by atoms with E-state index in [-0.39, 0.29) is 6.04 Å². The van der Waals surface area contributed by atoms with E-state index in [1.807, 2.05) is 29.3 Å². The van der Waals surface area contributed by atoms with Crippen LogP contribution in [0.25, 0.3) is 0 Å². The van der Waals surface area contributed by atoms with Gasteiger partial charge in [-0.25, -0.2) is 9.97 Å². The Kier molecular flexibility index (Phi) is 4.37. The van der Waals surface area contributed by atoms with Gasteiger partial charge in [0.15, 0.2) is 0 Å². The number of β-amino-alcohol motifs (C(OH)–C–C–N with tert-alkyl or cyclic N) is 1. The van der Waals surface area contributed by atoms with E-state index in [1.165, 1.54) is 0 Å². The van der Waals surface area contributed by atoms with Gasteiger partial charge in [-0.2, -0.15) is 4.98 Å². The number of anilines is 3. The van der Waals surface area contributed by atoms with Crippen molar-refractivity contribution in [3.05, 3.63) is 36.7 Å². The molecular weight excluding hydrogens is 318 g/mol. The van der Waals surface area contributed by atoms with Crippen LogP contribution < -0.4 is 15.5 Å². The largest absolute Gasteiger partial charge is 0.390 e. The second-order valence-corrected chi connectivity index (χ2v) is 6.53. The van der Waals surface area contributed by atoms with Crippen LogP contribution in [0.3, 0.4) is 0 Å². The molecule has 132 valence electrons. The molecule has 0 amide bonds. The van der Waals surface area contributed by atoms with E-state index in [0.717, 1.165) is 32.0 Å². The topological polar surface area (TPSA) is 94.6 Å². The summed E-state index contributed by atoms with van der Waals surface area (Å²) >= 11 is 0. The van der Waals surface area contributed by atoms with Crippen molar-refractivity contribution in [2.45, 2.75) is 12.1 Å². The smallest absolute Gasteiger partial charge is 0.227 e. The highest BCUT2D eigenvalue weighted by atomic mass is 16.3. The minimum absolute atomic E-state index is 0.0934. The van der Waals surface area contributed by atoms with Crippen LogP contribution in [0.15, 0.2) is 36.7 Å². The van der Waals surface area contributed by atoms with Crippen molar-refractivity contribution in [3.63, 3.8) is 0 Å². The third-order valence-electron chi connectivity index (χ3n) is 4.96. The predicted molar refractivity (Wildman–Crippen MR) is 96.5 cm³/mol. The zero-order valence-corrected chi connectivity index (χ0v) is 14.1. The van der Waals surface area contributed by atoms with E-state index in [9.17, 15) is 5.11 Å². The predicted octanol–water partition coefficient (Wildman–Crippen LogP) is -0.174. The van der Waals surface area contributed by atoms with Gasteiger partial charge in [-0.05, 0) is 18.2 Å². The molecule has 0 saturated carbocycles. The second-order valence-electron chi connectivity index (χ2n) is 6.53. The summed E-state index contributed by atoms with van der Waals surface area (Å²) in [6.45, 7) is 4.89. The first-order valence-electron chi connectivity index (χ1n) is 8.62. The average molecular weight is 341 g/mol. The van der Waals surface area contributed by atoms with E-state index >= 15 is 0 Å². The summed E-state index contributed by atoms with van der Waals surface area (Å²) in [5.41, 5.74) is 5.75. The molecule has 8 nitrogen and oxygen atoms in total. The quantitative estimate of drug-likeness (QED) is 0.794. The molecule has 0 bridgehead atoms. The van der Waals surface area contributed by atoms with E-state index in [4.69, 9.17) is 5.73 Å². The SMILES string of the molecule is Nc1ccnc(N2C[C@H](O)[C@@H](N3CCN(c4ccccn4)CC3)C2)n1. The van der Waals surface area contributed by atoms with Gasteiger partial charge < -0.3 is 20.6 Å². The van der Waals surface area contributed by atoms with Crippen molar-refractivity contribution in [3.8, 4) is 0 Å². The number of nitrogens with zero attached hydrogens (tertiary/aromatic N) is 6. The molecule has 2 aliphatic rings. The van der Waals surface area contributed by atoms with Crippen molar-refractivity contribution in [1.29, 1.82) is 0 Å². The maximum atomic E-state index is 10.5. The molecule has 2 aromatic rings. The molecule has 0 aliphatic carbocycles. The maximum Gasteiger partial charge on any atom is 0.227 e. The van der Waals surface area contributed by atoms with Crippen molar-refractivity contribution >= 4 is 17.6 Å². The van der Waals surface area contributed by atoms with E-state index in [2.05, 4.69) is 24.8 Å². The molecular formula is C17H23N7O. The van der Waals surface area contributed by atoms with Gasteiger partial charge in [-0.15, -0.1) is 0 Å². The lowest BCUT2D eigenvalue weighted by Gasteiger charge is -2.39. The summed E-state index contributed by atoms with van der Waals surface area (Å²) in [6.07, 6.45) is 3.07. The summed E-state index contributed by atoms with van der Waals surface area (Å²) in [5, 5.41) is 10.5. The molecule has 0 spiro atoms. The summed E-state index contributed by atoms with van der Waals surface area (Å²) in [6, 6.07) is 7.75. The highest BCUT2D eigenvalue weighted by molar-refractivity contribution is 5.40. The number of hydrogen-bond acceptors (Lipinski definition) is 8. The molecule has 0 aromatic carbocycles. The van der Waals surface area contributed by atoms with Gasteiger partial charge in [0.05, 0.1) is 12.1 Å². The molecule has 2 aliphatic heterocycles. The number of aromatic nitrogens is 3. The molecule has 2 saturated heterocycles. The lowest BCUT2D eigenvalue weighted by Crippen LogP contribution is -2.54. The Hall–Kier alpha value is -2.45. The van der Waals surface area contributed by atoms with Gasteiger partial charge in [0.1, 0.15) is 11.6 Å². The Morgan fingerprint density at radius 2 is 1.80 bits per heavy atom. The van der Waals surface area contributed by atoms with Gasteiger partial charge >= 0.3 is 0 Å². The van der Waals surface area contributed by atoms with E-state index in [0.29, 0.717) is 24.9 Å². The van der Waals surface area contributed by atoms with Crippen LogP contribution in [0.2, 0.25) is 0 Å². The summed E-state index contributed by atoms with van der Waals surface area (Å²) in [4.78, 5) is 19.6. The summed E-state index contributed by atoms with van der Waals surface area (Å²) < 4.78 is 0. The van der Waals surface area contributed by atoms with Crippen LogP contribution in [0.4, 0.5) is 17.6 Å². The Bertz CT molecular complexity index is 705. The van der Waals surface area contributed by atoms with Crippen LogP contribution in [0.5, 0.6) is 0 Å². The highest BCUT2D eigenvalue weighted by Gasteiger charge is 2.37. The number of nitrogens with two attached hydrogens (primary N) is 1. The lowest BCUT2D eigenvalue weighted by atomic mass is 10.1. The van der Waals surface area contributed by atoms with Crippen LogP contribution >= 0.6 is 0 Å². The van der Waals surface area contributed by atoms with Crippen molar-refractivity contribution < 1.29 is 5.11 Å². The van der Waals surface area contributed by atoms with Crippen LogP contribution in [0.1, 0.15) is 0 Å². The molecule has 3 N–H and O–H groups in total. The van der Waals surface area contributed by atoms with Gasteiger partial charge in [0.2, 0.25) is 5.95 Å². The Labute approximate surface area is 146 Å². The highest BCUT2D eigenvalue weighted by Crippen LogP contribution is 2.23. The fourth-order valence-corrected chi connectivity index (χ4v) is 3.63. The normalized spacial score (nSPS) is 24.7. The standard InChI is InChI=1S/C17H23N7O/c18-15-4-6-20-17(21-15)24-11-13(14(25)12-24)22-7-9-23(10-8-22)16-3-1-2-5-19-16/h1-6,13-14,25H,7-12H2,(H2,18,20,21)/t13-,14-/m0/s1.